The largest absolute Gasteiger partial charge is 0.494 e. The monoisotopic (exact) mass is 496 g/mol. The van der Waals surface area contributed by atoms with E-state index in [-0.39, 0.29) is 16.0 Å². The summed E-state index contributed by atoms with van der Waals surface area (Å²) in [7, 11) is 1.46. The lowest BCUT2D eigenvalue weighted by atomic mass is 10.0. The van der Waals surface area contributed by atoms with Crippen LogP contribution in [0.15, 0.2) is 71.1 Å². The van der Waals surface area contributed by atoms with Gasteiger partial charge in [0.25, 0.3) is 5.91 Å². The lowest BCUT2D eigenvalue weighted by molar-refractivity contribution is 0.102. The number of methoxy groups -OCH3 is 1. The molecule has 5 aromatic rings. The molecule has 1 heterocycles. The summed E-state index contributed by atoms with van der Waals surface area (Å²) in [6, 6.07) is 19.7. The molecule has 1 N–H and O–H groups in total. The Morgan fingerprint density at radius 3 is 2.39 bits per heavy atom. The number of anilines is 1. The third-order valence-electron chi connectivity index (χ3n) is 5.21. The summed E-state index contributed by atoms with van der Waals surface area (Å²) in [4.78, 5) is 17.4. The van der Waals surface area contributed by atoms with Crippen molar-refractivity contribution < 1.29 is 13.9 Å². The van der Waals surface area contributed by atoms with Gasteiger partial charge in [-0.2, -0.15) is 0 Å². The molecule has 1 aromatic heterocycles. The molecule has 0 aliphatic carbocycles. The molecule has 0 unspecified atom stereocenters. The van der Waals surface area contributed by atoms with Crippen LogP contribution < -0.4 is 10.1 Å². The molecule has 0 saturated carbocycles. The van der Waals surface area contributed by atoms with Crippen LogP contribution in [0.3, 0.4) is 0 Å². The van der Waals surface area contributed by atoms with Gasteiger partial charge < -0.3 is 14.5 Å². The average Bonchev–Trinajstić information content (AvgIpc) is 3.22. The maximum atomic E-state index is 12.7. The lowest BCUT2D eigenvalue weighted by Crippen LogP contribution is -2.12. The Labute approximate surface area is 203 Å². The lowest BCUT2D eigenvalue weighted by Gasteiger charge is -2.09. The zero-order chi connectivity index (χ0) is 23.1. The van der Waals surface area contributed by atoms with Crippen LogP contribution in [0.4, 0.5) is 5.69 Å². The number of benzene rings is 4. The van der Waals surface area contributed by atoms with Gasteiger partial charge in [0.1, 0.15) is 5.52 Å². The Kier molecular flexibility index (Phi) is 5.62. The molecule has 0 aliphatic rings. The van der Waals surface area contributed by atoms with Crippen LogP contribution in [0.5, 0.6) is 5.75 Å². The number of rotatable bonds is 4. The summed E-state index contributed by atoms with van der Waals surface area (Å²) < 4.78 is 11.1. The number of hydrogen-bond donors (Lipinski definition) is 1. The number of carbonyl (C=O) groups excluding carboxylic acids is 1. The minimum Gasteiger partial charge on any atom is -0.494 e. The second-order valence-electron chi connectivity index (χ2n) is 7.27. The smallest absolute Gasteiger partial charge is 0.255 e. The van der Waals surface area contributed by atoms with E-state index in [2.05, 4.69) is 10.3 Å². The van der Waals surface area contributed by atoms with Gasteiger partial charge in [-0.3, -0.25) is 4.79 Å². The number of fused-ring (bicyclic) bond motifs is 2. The average molecular weight is 498 g/mol. The third kappa shape index (κ3) is 4.00. The van der Waals surface area contributed by atoms with Gasteiger partial charge in [-0.1, -0.05) is 59.1 Å². The second-order valence-corrected chi connectivity index (χ2v) is 8.49. The topological polar surface area (TPSA) is 64.4 Å². The maximum Gasteiger partial charge on any atom is 0.255 e. The number of oxazole rings is 1. The first-order chi connectivity index (χ1) is 15.9. The number of carbonyl (C=O) groups is 1. The summed E-state index contributed by atoms with van der Waals surface area (Å²) >= 11 is 18.6. The van der Waals surface area contributed by atoms with Crippen molar-refractivity contribution >= 4 is 68.3 Å². The number of nitrogens with one attached hydrogen (secondary N) is 1. The Hall–Kier alpha value is -3.25. The van der Waals surface area contributed by atoms with Gasteiger partial charge in [-0.25, -0.2) is 4.98 Å². The highest BCUT2D eigenvalue weighted by Gasteiger charge is 2.16. The van der Waals surface area contributed by atoms with Crippen LogP contribution in [-0.2, 0) is 0 Å². The van der Waals surface area contributed by atoms with Crippen molar-refractivity contribution in [2.45, 2.75) is 0 Å². The molecule has 0 spiro atoms. The molecule has 164 valence electrons. The first-order valence-electron chi connectivity index (χ1n) is 9.87. The number of hydrogen-bond acceptors (Lipinski definition) is 4. The zero-order valence-corrected chi connectivity index (χ0v) is 19.4. The van der Waals surface area contributed by atoms with Gasteiger partial charge >= 0.3 is 0 Å². The molecule has 4 aromatic carbocycles. The molecule has 0 atom stereocenters. The summed E-state index contributed by atoms with van der Waals surface area (Å²) in [6.45, 7) is 0. The molecule has 0 aliphatic heterocycles. The molecule has 0 bridgehead atoms. The van der Waals surface area contributed by atoms with E-state index in [4.69, 9.17) is 44.0 Å². The number of aromatic nitrogens is 1. The van der Waals surface area contributed by atoms with Crippen LogP contribution >= 0.6 is 34.8 Å². The fourth-order valence-corrected chi connectivity index (χ4v) is 4.55. The summed E-state index contributed by atoms with van der Waals surface area (Å²) in [5.74, 6) is 0.421. The van der Waals surface area contributed by atoms with Gasteiger partial charge in [0.2, 0.25) is 5.89 Å². The number of ether oxygens (including phenoxy) is 1. The first kappa shape index (κ1) is 21.6. The first-order valence-corrected chi connectivity index (χ1v) is 11.0. The van der Waals surface area contributed by atoms with E-state index < -0.39 is 0 Å². The van der Waals surface area contributed by atoms with Crippen LogP contribution in [0.1, 0.15) is 10.4 Å². The van der Waals surface area contributed by atoms with Crippen LogP contribution in [0, 0.1) is 0 Å². The predicted octanol–water partition coefficient (Wildman–Crippen LogP) is 7.87. The number of nitrogens with zero attached hydrogens (tertiary/aromatic N) is 1. The highest BCUT2D eigenvalue weighted by Crippen LogP contribution is 2.35. The van der Waals surface area contributed by atoms with Crippen molar-refractivity contribution in [1.82, 2.24) is 4.98 Å². The van der Waals surface area contributed by atoms with Crippen molar-refractivity contribution in [2.24, 2.45) is 0 Å². The quantitative estimate of drug-likeness (QED) is 0.274. The third-order valence-corrected chi connectivity index (χ3v) is 6.10. The Bertz CT molecular complexity index is 1520. The fraction of sp³-hybridized carbons (Fsp3) is 0.0400. The maximum absolute atomic E-state index is 12.7. The molecule has 5 rings (SSSR count). The molecule has 1 amide bonds. The van der Waals surface area contributed by atoms with E-state index in [9.17, 15) is 4.79 Å². The van der Waals surface area contributed by atoms with Crippen molar-refractivity contribution in [3.05, 3.63) is 87.4 Å². The van der Waals surface area contributed by atoms with Gasteiger partial charge in [0.15, 0.2) is 11.3 Å². The van der Waals surface area contributed by atoms with Crippen LogP contribution in [0.25, 0.3) is 33.3 Å². The number of halogens is 3. The summed E-state index contributed by atoms with van der Waals surface area (Å²) in [6.07, 6.45) is 0. The van der Waals surface area contributed by atoms with Gasteiger partial charge in [-0.05, 0) is 47.9 Å². The molecule has 8 heteroatoms. The summed E-state index contributed by atoms with van der Waals surface area (Å²) in [5, 5.41) is 5.86. The van der Waals surface area contributed by atoms with Gasteiger partial charge in [0.05, 0.1) is 17.2 Å². The van der Waals surface area contributed by atoms with E-state index >= 15 is 0 Å². The van der Waals surface area contributed by atoms with Crippen LogP contribution in [-0.4, -0.2) is 18.0 Å². The SMILES string of the molecule is COc1c(Cl)cc(C(=O)Nc2ccc3oc(-c4cccc5c(Cl)cccc45)nc3c2)cc1Cl. The van der Waals surface area contributed by atoms with Crippen molar-refractivity contribution in [2.75, 3.05) is 12.4 Å². The van der Waals surface area contributed by atoms with E-state index in [1.54, 1.807) is 18.2 Å². The molecule has 0 saturated heterocycles. The predicted molar refractivity (Wildman–Crippen MR) is 133 cm³/mol. The minimum atomic E-state index is -0.367. The molecular formula is C25H15Cl3N2O3. The second kappa shape index (κ2) is 8.60. The van der Waals surface area contributed by atoms with Crippen LogP contribution in [0.2, 0.25) is 15.1 Å². The highest BCUT2D eigenvalue weighted by molar-refractivity contribution is 6.38. The Morgan fingerprint density at radius 2 is 1.64 bits per heavy atom. The molecular weight excluding hydrogens is 483 g/mol. The van der Waals surface area contributed by atoms with E-state index in [1.165, 1.54) is 19.2 Å². The summed E-state index contributed by atoms with van der Waals surface area (Å²) in [5.41, 5.74) is 2.89. The number of amides is 1. The highest BCUT2D eigenvalue weighted by atomic mass is 35.5. The molecule has 33 heavy (non-hydrogen) atoms. The van der Waals surface area contributed by atoms with Gasteiger partial charge in [0, 0.05) is 27.2 Å². The molecule has 0 radical (unpaired) electrons. The molecule has 0 fully saturated rings. The van der Waals surface area contributed by atoms with E-state index in [1.807, 2.05) is 36.4 Å². The normalized spacial score (nSPS) is 11.2. The van der Waals surface area contributed by atoms with Crippen molar-refractivity contribution in [3.63, 3.8) is 0 Å². The minimum absolute atomic E-state index is 0.252. The Balaban J connectivity index is 1.47. The van der Waals surface area contributed by atoms with Crippen molar-refractivity contribution in [1.29, 1.82) is 0 Å². The standard InChI is InChI=1S/C25H15Cl3N2O3/c1-32-23-19(27)10-13(11-20(23)28)24(31)29-14-8-9-22-21(12-14)30-25(33-22)17-6-2-5-16-15(17)4-3-7-18(16)26/h2-12H,1H3,(H,29,31). The van der Waals surface area contributed by atoms with E-state index in [0.29, 0.717) is 39.0 Å². The Morgan fingerprint density at radius 1 is 0.909 bits per heavy atom. The van der Waals surface area contributed by atoms with Gasteiger partial charge in [-0.15, -0.1) is 0 Å². The fourth-order valence-electron chi connectivity index (χ4n) is 3.67. The zero-order valence-electron chi connectivity index (χ0n) is 17.2. The van der Waals surface area contributed by atoms with Crippen molar-refractivity contribution in [3.8, 4) is 17.2 Å². The molecule has 5 nitrogen and oxygen atoms in total. The van der Waals surface area contributed by atoms with E-state index in [0.717, 1.165) is 16.3 Å².